The summed E-state index contributed by atoms with van der Waals surface area (Å²) in [6.07, 6.45) is 2.65. The van der Waals surface area contributed by atoms with Gasteiger partial charge in [-0.05, 0) is 68.5 Å². The zero-order valence-corrected chi connectivity index (χ0v) is 20.5. The van der Waals surface area contributed by atoms with E-state index in [1.54, 1.807) is 6.07 Å². The van der Waals surface area contributed by atoms with E-state index in [-0.39, 0.29) is 29.1 Å². The van der Waals surface area contributed by atoms with Crippen LogP contribution in [0.3, 0.4) is 0 Å². The van der Waals surface area contributed by atoms with Crippen LogP contribution in [0, 0.1) is 13.8 Å². The first-order valence-corrected chi connectivity index (χ1v) is 12.5. The minimum Gasteiger partial charge on any atom is -0.438 e. The number of nitrogens with two attached hydrogens (primary N) is 1. The molecule has 0 saturated carbocycles. The summed E-state index contributed by atoms with van der Waals surface area (Å²) in [4.78, 5) is 21.8. The Bertz CT molecular complexity index is 1390. The van der Waals surface area contributed by atoms with E-state index >= 15 is 0 Å². The molecule has 4 rings (SSSR count). The van der Waals surface area contributed by atoms with Gasteiger partial charge in [0.15, 0.2) is 5.03 Å². The molecule has 180 valence electrons. The monoisotopic (exact) mass is 482 g/mol. The maximum absolute atomic E-state index is 13.2. The predicted molar refractivity (Wildman–Crippen MR) is 132 cm³/mol. The minimum atomic E-state index is -4.25. The lowest BCUT2D eigenvalue weighted by Crippen LogP contribution is -2.33. The summed E-state index contributed by atoms with van der Waals surface area (Å²) >= 11 is 0. The Morgan fingerprint density at radius 3 is 2.62 bits per heavy atom. The van der Waals surface area contributed by atoms with Gasteiger partial charge >= 0.3 is 0 Å². The van der Waals surface area contributed by atoms with Crippen molar-refractivity contribution in [1.82, 2.24) is 14.7 Å². The minimum absolute atomic E-state index is 0. The van der Waals surface area contributed by atoms with Gasteiger partial charge in [0.25, 0.3) is 15.9 Å². The number of hydrogen-bond donors (Lipinski definition) is 2. The highest BCUT2D eigenvalue weighted by Gasteiger charge is 2.33. The third-order valence-corrected chi connectivity index (χ3v) is 7.22. The molecule has 1 aliphatic carbocycles. The number of sulfonamides is 1. The molecule has 9 heteroatoms. The average molecular weight is 483 g/mol. The summed E-state index contributed by atoms with van der Waals surface area (Å²) in [6.45, 7) is 8.09. The molecule has 0 atom stereocenters. The van der Waals surface area contributed by atoms with Crippen molar-refractivity contribution in [3.05, 3.63) is 70.4 Å². The van der Waals surface area contributed by atoms with Crippen LogP contribution in [-0.2, 0) is 21.9 Å². The Morgan fingerprint density at radius 2 is 1.91 bits per heavy atom. The SMILES string of the molecule is Cc1ccc(Oc2nc3c(cc2C(=O)NS(=O)(=O)c2cccc(N)n2)CCCC3(C)C)c(C)c1.[HH]. The molecule has 0 fully saturated rings. The third-order valence-electron chi connectivity index (χ3n) is 5.98. The molecule has 34 heavy (non-hydrogen) atoms. The Labute approximate surface area is 201 Å². The van der Waals surface area contributed by atoms with E-state index in [1.165, 1.54) is 18.2 Å². The molecule has 8 nitrogen and oxygen atoms in total. The first-order chi connectivity index (χ1) is 16.0. The number of aromatic nitrogens is 2. The van der Waals surface area contributed by atoms with Crippen molar-refractivity contribution in [2.24, 2.45) is 0 Å². The Balaban J connectivity index is 0.00000342. The second kappa shape index (κ2) is 8.72. The van der Waals surface area contributed by atoms with Crippen molar-refractivity contribution in [2.45, 2.75) is 57.4 Å². The largest absolute Gasteiger partial charge is 0.438 e. The third kappa shape index (κ3) is 4.75. The van der Waals surface area contributed by atoms with Crippen LogP contribution in [0.4, 0.5) is 5.82 Å². The van der Waals surface area contributed by atoms with Gasteiger partial charge in [0, 0.05) is 6.84 Å². The first-order valence-electron chi connectivity index (χ1n) is 11.1. The van der Waals surface area contributed by atoms with Gasteiger partial charge in [-0.3, -0.25) is 4.79 Å². The van der Waals surface area contributed by atoms with E-state index in [4.69, 9.17) is 15.5 Å². The topological polar surface area (TPSA) is 124 Å². The number of carbonyl (C=O) groups is 1. The van der Waals surface area contributed by atoms with Gasteiger partial charge in [-0.15, -0.1) is 0 Å². The van der Waals surface area contributed by atoms with Gasteiger partial charge in [0.2, 0.25) is 5.88 Å². The molecule has 3 aromatic rings. The van der Waals surface area contributed by atoms with Crippen molar-refractivity contribution < 1.29 is 19.4 Å². The Kier molecular flexibility index (Phi) is 6.07. The van der Waals surface area contributed by atoms with Crippen molar-refractivity contribution in [3.63, 3.8) is 0 Å². The van der Waals surface area contributed by atoms with Crippen LogP contribution in [0.25, 0.3) is 0 Å². The lowest BCUT2D eigenvalue weighted by molar-refractivity contribution is 0.0978. The van der Waals surface area contributed by atoms with Gasteiger partial charge in [-0.25, -0.2) is 14.7 Å². The number of hydrogen-bond acceptors (Lipinski definition) is 7. The van der Waals surface area contributed by atoms with Gasteiger partial charge in [0.1, 0.15) is 17.1 Å². The summed E-state index contributed by atoms with van der Waals surface area (Å²) < 4.78 is 33.8. The summed E-state index contributed by atoms with van der Waals surface area (Å²) in [5, 5.41) is -0.343. The molecule has 2 aromatic heterocycles. The molecular weight excluding hydrogens is 452 g/mol. The second-order valence-electron chi connectivity index (χ2n) is 9.29. The maximum atomic E-state index is 13.2. The lowest BCUT2D eigenvalue weighted by atomic mass is 9.75. The molecule has 3 N–H and O–H groups in total. The highest BCUT2D eigenvalue weighted by molar-refractivity contribution is 7.90. The number of amides is 1. The summed E-state index contributed by atoms with van der Waals surface area (Å²) in [5.41, 5.74) is 9.18. The summed E-state index contributed by atoms with van der Waals surface area (Å²) in [6, 6.07) is 11.6. The van der Waals surface area contributed by atoms with Crippen molar-refractivity contribution >= 4 is 21.7 Å². The number of fused-ring (bicyclic) bond motifs is 1. The van der Waals surface area contributed by atoms with Gasteiger partial charge in [-0.1, -0.05) is 37.6 Å². The second-order valence-corrected chi connectivity index (χ2v) is 10.9. The molecule has 0 bridgehead atoms. The van der Waals surface area contributed by atoms with Crippen LogP contribution in [0.15, 0.2) is 47.5 Å². The molecule has 0 unspecified atom stereocenters. The lowest BCUT2D eigenvalue weighted by Gasteiger charge is -2.32. The van der Waals surface area contributed by atoms with Crippen LogP contribution in [0.2, 0.25) is 0 Å². The molecule has 0 radical (unpaired) electrons. The highest BCUT2D eigenvalue weighted by Crippen LogP contribution is 2.39. The van der Waals surface area contributed by atoms with Crippen molar-refractivity contribution in [2.75, 3.05) is 5.73 Å². The van der Waals surface area contributed by atoms with Crippen LogP contribution in [-0.4, -0.2) is 24.3 Å². The molecule has 1 aliphatic rings. The predicted octanol–water partition coefficient (Wildman–Crippen LogP) is 4.45. The molecule has 0 aliphatic heterocycles. The van der Waals surface area contributed by atoms with Crippen LogP contribution < -0.4 is 15.2 Å². The van der Waals surface area contributed by atoms with E-state index in [1.807, 2.05) is 32.0 Å². The highest BCUT2D eigenvalue weighted by atomic mass is 32.2. The number of anilines is 1. The smallest absolute Gasteiger partial charge is 0.281 e. The van der Waals surface area contributed by atoms with Crippen LogP contribution >= 0.6 is 0 Å². The van der Waals surface area contributed by atoms with Crippen molar-refractivity contribution in [1.29, 1.82) is 0 Å². The van der Waals surface area contributed by atoms with Gasteiger partial charge in [-0.2, -0.15) is 8.42 Å². The number of aryl methyl sites for hydroxylation is 3. The molecule has 1 aromatic carbocycles. The number of nitrogen functional groups attached to an aromatic ring is 1. The van der Waals surface area contributed by atoms with E-state index in [0.717, 1.165) is 41.6 Å². The number of carbonyl (C=O) groups excluding carboxylic acids is 1. The summed E-state index contributed by atoms with van der Waals surface area (Å²) in [7, 11) is -4.25. The first kappa shape index (κ1) is 23.7. The van der Waals surface area contributed by atoms with E-state index in [9.17, 15) is 13.2 Å². The van der Waals surface area contributed by atoms with Gasteiger partial charge < -0.3 is 10.5 Å². The number of ether oxygens (including phenoxy) is 1. The number of nitrogens with zero attached hydrogens (tertiary/aromatic N) is 2. The Morgan fingerprint density at radius 1 is 1.15 bits per heavy atom. The zero-order chi connectivity index (χ0) is 24.7. The normalized spacial score (nSPS) is 14.8. The van der Waals surface area contributed by atoms with Crippen LogP contribution in [0.1, 0.15) is 60.9 Å². The maximum Gasteiger partial charge on any atom is 0.281 e. The Hall–Kier alpha value is -3.46. The average Bonchev–Trinajstić information content (AvgIpc) is 2.75. The fourth-order valence-electron chi connectivity index (χ4n) is 4.22. The standard InChI is InChI=1S/C25H28N4O4S.H2/c1-15-10-11-19(16(2)13-15)33-24-18(14-17-7-6-12-25(3,4)22(17)28-24)23(30)29-34(31,32)21-9-5-8-20(26)27-21;/h5,8-11,13-14H,6-7,12H2,1-4H3,(H2,26,27)(H,29,30);1H. The number of nitrogens with one attached hydrogen (secondary N) is 1. The van der Waals surface area contributed by atoms with E-state index < -0.39 is 15.9 Å². The number of benzene rings is 1. The molecular formula is C25H30N4O4S. The molecule has 0 saturated heterocycles. The fourth-order valence-corrected chi connectivity index (χ4v) is 5.16. The molecule has 0 spiro atoms. The molecule has 2 heterocycles. The number of pyridine rings is 2. The van der Waals surface area contributed by atoms with E-state index in [0.29, 0.717) is 5.75 Å². The zero-order valence-electron chi connectivity index (χ0n) is 19.7. The summed E-state index contributed by atoms with van der Waals surface area (Å²) in [5.74, 6) is -0.204. The molecule has 1 amide bonds. The fraction of sp³-hybridized carbons (Fsp3) is 0.320. The quantitative estimate of drug-likeness (QED) is 0.550. The van der Waals surface area contributed by atoms with Crippen LogP contribution in [0.5, 0.6) is 11.6 Å². The van der Waals surface area contributed by atoms with Crippen molar-refractivity contribution in [3.8, 4) is 11.6 Å². The van der Waals surface area contributed by atoms with E-state index in [2.05, 4.69) is 23.6 Å². The van der Waals surface area contributed by atoms with Gasteiger partial charge in [0.05, 0.1) is 5.69 Å². The number of rotatable bonds is 5.